The lowest BCUT2D eigenvalue weighted by atomic mass is 10.2. The molecule has 1 aliphatic heterocycles. The monoisotopic (exact) mass is 269 g/mol. The Bertz CT molecular complexity index is 323. The van der Waals surface area contributed by atoms with Crippen molar-refractivity contribution in [3.8, 4) is 0 Å². The molecule has 0 amide bonds. The Hall–Kier alpha value is -0.460. The molecule has 5 heteroatoms. The molecule has 0 aromatic carbocycles. The molecule has 1 unspecified atom stereocenters. The Kier molecular flexibility index (Phi) is 5.59. The molecule has 0 aliphatic carbocycles. The van der Waals surface area contributed by atoms with Crippen molar-refractivity contribution in [2.45, 2.75) is 6.10 Å². The standard InChI is InChI=1S/C13H23N3OS/c1-15-5-7-16(8-6-15)4-3-14-10-13(17)12-2-9-18-11-12/h2,9,11,13-14,17H,3-8,10H2,1H3. The van der Waals surface area contributed by atoms with Crippen LogP contribution in [0.5, 0.6) is 0 Å². The summed E-state index contributed by atoms with van der Waals surface area (Å²) in [6.45, 7) is 7.31. The first-order valence-electron chi connectivity index (χ1n) is 6.57. The van der Waals surface area contributed by atoms with Gasteiger partial charge in [0.1, 0.15) is 0 Å². The molecule has 2 rings (SSSR count). The molecule has 0 spiro atoms. The van der Waals surface area contributed by atoms with E-state index in [2.05, 4.69) is 22.2 Å². The number of hydrogen-bond donors (Lipinski definition) is 2. The smallest absolute Gasteiger partial charge is 0.0922 e. The summed E-state index contributed by atoms with van der Waals surface area (Å²) in [4.78, 5) is 4.84. The van der Waals surface area contributed by atoms with Gasteiger partial charge in [0, 0.05) is 45.8 Å². The van der Waals surface area contributed by atoms with Crippen LogP contribution in [0.2, 0.25) is 0 Å². The molecule has 0 radical (unpaired) electrons. The van der Waals surface area contributed by atoms with E-state index < -0.39 is 0 Å². The van der Waals surface area contributed by atoms with Crippen molar-refractivity contribution in [2.24, 2.45) is 0 Å². The van der Waals surface area contributed by atoms with Gasteiger partial charge in [0.2, 0.25) is 0 Å². The predicted molar refractivity (Wildman–Crippen MR) is 76.1 cm³/mol. The first-order valence-corrected chi connectivity index (χ1v) is 7.52. The van der Waals surface area contributed by atoms with Crippen LogP contribution < -0.4 is 5.32 Å². The lowest BCUT2D eigenvalue weighted by molar-refractivity contribution is 0.147. The molecule has 0 saturated carbocycles. The molecule has 1 atom stereocenters. The highest BCUT2D eigenvalue weighted by Crippen LogP contribution is 2.14. The zero-order valence-electron chi connectivity index (χ0n) is 11.0. The number of thiophene rings is 1. The average molecular weight is 269 g/mol. The van der Waals surface area contributed by atoms with E-state index in [1.165, 1.54) is 0 Å². The first-order chi connectivity index (χ1) is 8.75. The highest BCUT2D eigenvalue weighted by Gasteiger charge is 2.13. The van der Waals surface area contributed by atoms with Gasteiger partial charge in [0.05, 0.1) is 6.10 Å². The number of nitrogens with zero attached hydrogens (tertiary/aromatic N) is 2. The van der Waals surface area contributed by atoms with Crippen molar-refractivity contribution in [1.29, 1.82) is 0 Å². The molecule has 1 aromatic rings. The Morgan fingerprint density at radius 3 is 2.83 bits per heavy atom. The fraction of sp³-hybridized carbons (Fsp3) is 0.692. The van der Waals surface area contributed by atoms with Crippen LogP contribution in [-0.2, 0) is 0 Å². The van der Waals surface area contributed by atoms with E-state index in [-0.39, 0.29) is 6.10 Å². The van der Waals surface area contributed by atoms with E-state index in [0.29, 0.717) is 6.54 Å². The number of likely N-dealkylation sites (N-methyl/N-ethyl adjacent to an activating group) is 1. The van der Waals surface area contributed by atoms with Crippen LogP contribution >= 0.6 is 11.3 Å². The number of aliphatic hydroxyl groups excluding tert-OH is 1. The van der Waals surface area contributed by atoms with E-state index in [0.717, 1.165) is 44.8 Å². The maximum Gasteiger partial charge on any atom is 0.0922 e. The van der Waals surface area contributed by atoms with Crippen molar-refractivity contribution in [3.63, 3.8) is 0 Å². The third-order valence-corrected chi connectivity index (χ3v) is 4.17. The zero-order chi connectivity index (χ0) is 12.8. The van der Waals surface area contributed by atoms with Gasteiger partial charge in [-0.05, 0) is 29.4 Å². The van der Waals surface area contributed by atoms with E-state index in [1.807, 2.05) is 16.8 Å². The summed E-state index contributed by atoms with van der Waals surface area (Å²) in [6, 6.07) is 1.98. The van der Waals surface area contributed by atoms with Crippen LogP contribution in [0, 0.1) is 0 Å². The van der Waals surface area contributed by atoms with E-state index in [1.54, 1.807) is 11.3 Å². The van der Waals surface area contributed by atoms with E-state index >= 15 is 0 Å². The molecule has 2 heterocycles. The summed E-state index contributed by atoms with van der Waals surface area (Å²) in [5.41, 5.74) is 1.02. The topological polar surface area (TPSA) is 38.7 Å². The molecule has 1 saturated heterocycles. The van der Waals surface area contributed by atoms with Gasteiger partial charge in [-0.25, -0.2) is 0 Å². The molecule has 0 bridgehead atoms. The Labute approximate surface area is 113 Å². The van der Waals surface area contributed by atoms with Gasteiger partial charge < -0.3 is 15.3 Å². The molecule has 18 heavy (non-hydrogen) atoms. The number of nitrogens with one attached hydrogen (secondary N) is 1. The Morgan fingerprint density at radius 2 is 2.17 bits per heavy atom. The third-order valence-electron chi connectivity index (χ3n) is 3.47. The summed E-state index contributed by atoms with van der Waals surface area (Å²) in [7, 11) is 2.17. The summed E-state index contributed by atoms with van der Waals surface area (Å²) in [6.07, 6.45) is -0.372. The minimum atomic E-state index is -0.372. The SMILES string of the molecule is CN1CCN(CCNCC(O)c2ccsc2)CC1. The number of rotatable bonds is 6. The Morgan fingerprint density at radius 1 is 1.39 bits per heavy atom. The second kappa shape index (κ2) is 7.21. The number of piperazine rings is 1. The number of hydrogen-bond acceptors (Lipinski definition) is 5. The second-order valence-corrected chi connectivity index (χ2v) is 5.70. The molecule has 1 aliphatic rings. The van der Waals surface area contributed by atoms with Crippen molar-refractivity contribution >= 4 is 11.3 Å². The Balaban J connectivity index is 1.56. The molecule has 2 N–H and O–H groups in total. The summed E-state index contributed by atoms with van der Waals surface area (Å²) >= 11 is 1.63. The van der Waals surface area contributed by atoms with Gasteiger partial charge in [0.25, 0.3) is 0 Å². The van der Waals surface area contributed by atoms with Gasteiger partial charge in [-0.15, -0.1) is 0 Å². The molecule has 1 fully saturated rings. The predicted octanol–water partition coefficient (Wildman–Crippen LogP) is 0.619. The maximum absolute atomic E-state index is 9.90. The number of aliphatic hydroxyl groups is 1. The summed E-state index contributed by atoms with van der Waals surface area (Å²) < 4.78 is 0. The zero-order valence-corrected chi connectivity index (χ0v) is 11.8. The third kappa shape index (κ3) is 4.33. The fourth-order valence-electron chi connectivity index (χ4n) is 2.13. The minimum absolute atomic E-state index is 0.372. The quantitative estimate of drug-likeness (QED) is 0.743. The lowest BCUT2D eigenvalue weighted by Gasteiger charge is -2.32. The van der Waals surface area contributed by atoms with Crippen LogP contribution in [0.15, 0.2) is 16.8 Å². The molecule has 102 valence electrons. The minimum Gasteiger partial charge on any atom is -0.387 e. The van der Waals surface area contributed by atoms with Crippen LogP contribution in [0.25, 0.3) is 0 Å². The highest BCUT2D eigenvalue weighted by atomic mass is 32.1. The van der Waals surface area contributed by atoms with Gasteiger partial charge in [-0.2, -0.15) is 11.3 Å². The van der Waals surface area contributed by atoms with Crippen LogP contribution in [-0.4, -0.2) is 67.8 Å². The molecular weight excluding hydrogens is 246 g/mol. The first kappa shape index (κ1) is 14.0. The normalized spacial score (nSPS) is 20.1. The fourth-order valence-corrected chi connectivity index (χ4v) is 2.84. The summed E-state index contributed by atoms with van der Waals surface area (Å²) in [5.74, 6) is 0. The van der Waals surface area contributed by atoms with E-state index in [9.17, 15) is 5.11 Å². The van der Waals surface area contributed by atoms with Crippen molar-refractivity contribution in [3.05, 3.63) is 22.4 Å². The second-order valence-electron chi connectivity index (χ2n) is 4.92. The van der Waals surface area contributed by atoms with Crippen LogP contribution in [0.3, 0.4) is 0 Å². The van der Waals surface area contributed by atoms with Gasteiger partial charge in [0.15, 0.2) is 0 Å². The van der Waals surface area contributed by atoms with Gasteiger partial charge in [-0.1, -0.05) is 0 Å². The highest BCUT2D eigenvalue weighted by molar-refractivity contribution is 7.07. The largest absolute Gasteiger partial charge is 0.387 e. The van der Waals surface area contributed by atoms with Crippen molar-refractivity contribution in [2.75, 3.05) is 52.9 Å². The summed E-state index contributed by atoms with van der Waals surface area (Å²) in [5, 5.41) is 17.2. The van der Waals surface area contributed by atoms with Crippen molar-refractivity contribution < 1.29 is 5.11 Å². The maximum atomic E-state index is 9.90. The van der Waals surface area contributed by atoms with E-state index in [4.69, 9.17) is 0 Å². The van der Waals surface area contributed by atoms with Crippen molar-refractivity contribution in [1.82, 2.24) is 15.1 Å². The van der Waals surface area contributed by atoms with Crippen LogP contribution in [0.4, 0.5) is 0 Å². The van der Waals surface area contributed by atoms with Gasteiger partial charge >= 0.3 is 0 Å². The lowest BCUT2D eigenvalue weighted by Crippen LogP contribution is -2.46. The molecule has 1 aromatic heterocycles. The van der Waals surface area contributed by atoms with Gasteiger partial charge in [-0.3, -0.25) is 4.90 Å². The molecule has 4 nitrogen and oxygen atoms in total. The average Bonchev–Trinajstić information content (AvgIpc) is 2.90. The molecular formula is C13H23N3OS. The van der Waals surface area contributed by atoms with Crippen LogP contribution in [0.1, 0.15) is 11.7 Å².